The van der Waals surface area contributed by atoms with Gasteiger partial charge in [0, 0.05) is 23.7 Å². The van der Waals surface area contributed by atoms with Crippen LogP contribution in [0.25, 0.3) is 11.4 Å². The number of aromatic amines is 1. The molecule has 118 valence electrons. The predicted octanol–water partition coefficient (Wildman–Crippen LogP) is 3.14. The van der Waals surface area contributed by atoms with Crippen LogP contribution in [0.1, 0.15) is 17.2 Å². The molecule has 0 aliphatic heterocycles. The van der Waals surface area contributed by atoms with Crippen LogP contribution in [0.15, 0.2) is 47.9 Å². The Morgan fingerprint density at radius 1 is 1.26 bits per heavy atom. The van der Waals surface area contributed by atoms with Crippen molar-refractivity contribution in [1.29, 1.82) is 0 Å². The summed E-state index contributed by atoms with van der Waals surface area (Å²) in [5.74, 6) is 0.740. The van der Waals surface area contributed by atoms with E-state index in [0.29, 0.717) is 22.3 Å². The molecule has 1 atom stereocenters. The summed E-state index contributed by atoms with van der Waals surface area (Å²) in [6, 6.07) is 8.05. The Bertz CT molecular complexity index is 794. The van der Waals surface area contributed by atoms with E-state index in [4.69, 9.17) is 0 Å². The number of aromatic nitrogens is 4. The van der Waals surface area contributed by atoms with Crippen molar-refractivity contribution < 1.29 is 9.50 Å². The standard InChI is InChI=1S/C16H15FN4OS/c1-10-8-12(17)2-3-13(10)14(22)9-23-16-19-15(20-21-16)11-4-6-18-7-5-11/h2-8,14,22H,9H2,1H3,(H,19,20,21)/t14-/m1/s1. The summed E-state index contributed by atoms with van der Waals surface area (Å²) in [4.78, 5) is 8.34. The van der Waals surface area contributed by atoms with Gasteiger partial charge in [-0.15, -0.1) is 5.10 Å². The summed E-state index contributed by atoms with van der Waals surface area (Å²) in [6.45, 7) is 1.78. The van der Waals surface area contributed by atoms with Crippen LogP contribution < -0.4 is 0 Å². The quantitative estimate of drug-likeness (QED) is 0.703. The number of rotatable bonds is 5. The number of aryl methyl sites for hydroxylation is 1. The third kappa shape index (κ3) is 3.75. The van der Waals surface area contributed by atoms with Gasteiger partial charge in [0.1, 0.15) is 5.82 Å². The average molecular weight is 330 g/mol. The molecule has 1 aromatic carbocycles. The number of aliphatic hydroxyl groups excluding tert-OH is 1. The molecular formula is C16H15FN4OS. The molecule has 2 aromatic heterocycles. The summed E-state index contributed by atoms with van der Waals surface area (Å²) in [5, 5.41) is 17.8. The molecule has 0 amide bonds. The SMILES string of the molecule is Cc1cc(F)ccc1[C@H](O)CSc1n[nH]c(-c2ccncc2)n1. The maximum Gasteiger partial charge on any atom is 0.208 e. The Morgan fingerprint density at radius 2 is 2.04 bits per heavy atom. The first kappa shape index (κ1) is 15.6. The molecule has 7 heteroatoms. The van der Waals surface area contributed by atoms with Gasteiger partial charge < -0.3 is 5.11 Å². The van der Waals surface area contributed by atoms with Crippen LogP contribution in [0, 0.1) is 12.7 Å². The number of nitrogens with zero attached hydrogens (tertiary/aromatic N) is 3. The fourth-order valence-electron chi connectivity index (χ4n) is 2.21. The number of hydrogen-bond donors (Lipinski definition) is 2. The third-order valence-corrected chi connectivity index (χ3v) is 4.30. The van der Waals surface area contributed by atoms with Crippen LogP contribution in [0.4, 0.5) is 4.39 Å². The Labute approximate surface area is 137 Å². The van der Waals surface area contributed by atoms with E-state index < -0.39 is 6.10 Å². The lowest BCUT2D eigenvalue weighted by molar-refractivity contribution is 0.203. The van der Waals surface area contributed by atoms with Gasteiger partial charge in [-0.1, -0.05) is 17.8 Å². The van der Waals surface area contributed by atoms with Gasteiger partial charge >= 0.3 is 0 Å². The lowest BCUT2D eigenvalue weighted by Crippen LogP contribution is -2.03. The van der Waals surface area contributed by atoms with E-state index in [0.717, 1.165) is 11.1 Å². The number of benzene rings is 1. The highest BCUT2D eigenvalue weighted by Crippen LogP contribution is 2.26. The molecule has 0 fully saturated rings. The van der Waals surface area contributed by atoms with Gasteiger partial charge in [0.2, 0.25) is 5.16 Å². The van der Waals surface area contributed by atoms with Gasteiger partial charge in [-0.05, 0) is 42.3 Å². The molecule has 3 aromatic rings. The molecule has 0 aliphatic rings. The zero-order valence-electron chi connectivity index (χ0n) is 12.4. The van der Waals surface area contributed by atoms with Gasteiger partial charge in [0.05, 0.1) is 6.10 Å². The third-order valence-electron chi connectivity index (χ3n) is 3.38. The maximum absolute atomic E-state index is 13.1. The van der Waals surface area contributed by atoms with Crippen LogP contribution in [-0.4, -0.2) is 31.0 Å². The molecule has 2 heterocycles. The molecule has 5 nitrogen and oxygen atoms in total. The van der Waals surface area contributed by atoms with E-state index in [1.54, 1.807) is 25.4 Å². The van der Waals surface area contributed by atoms with Crippen molar-refractivity contribution in [3.8, 4) is 11.4 Å². The molecule has 0 spiro atoms. The fourth-order valence-corrected chi connectivity index (χ4v) is 2.96. The minimum absolute atomic E-state index is 0.304. The Balaban J connectivity index is 1.65. The molecule has 0 bridgehead atoms. The molecule has 0 radical (unpaired) electrons. The lowest BCUT2D eigenvalue weighted by atomic mass is 10.0. The summed E-state index contributed by atoms with van der Waals surface area (Å²) in [6.07, 6.45) is 2.67. The van der Waals surface area contributed by atoms with E-state index in [2.05, 4.69) is 20.2 Å². The summed E-state index contributed by atoms with van der Waals surface area (Å²) >= 11 is 1.34. The zero-order chi connectivity index (χ0) is 16.2. The van der Waals surface area contributed by atoms with E-state index in [9.17, 15) is 9.50 Å². The minimum Gasteiger partial charge on any atom is -0.388 e. The molecular weight excluding hydrogens is 315 g/mol. The van der Waals surface area contributed by atoms with Crippen LogP contribution in [0.2, 0.25) is 0 Å². The second kappa shape index (κ2) is 6.89. The monoisotopic (exact) mass is 330 g/mol. The van der Waals surface area contributed by atoms with Crippen LogP contribution in [0.3, 0.4) is 0 Å². The average Bonchev–Trinajstić information content (AvgIpc) is 3.02. The van der Waals surface area contributed by atoms with Crippen molar-refractivity contribution in [2.45, 2.75) is 18.2 Å². The van der Waals surface area contributed by atoms with Crippen molar-refractivity contribution in [3.63, 3.8) is 0 Å². The molecule has 3 rings (SSSR count). The molecule has 0 saturated carbocycles. The smallest absolute Gasteiger partial charge is 0.208 e. The van der Waals surface area contributed by atoms with Crippen LogP contribution in [-0.2, 0) is 0 Å². The zero-order valence-corrected chi connectivity index (χ0v) is 13.2. The van der Waals surface area contributed by atoms with Crippen LogP contribution >= 0.6 is 11.8 Å². The number of pyridine rings is 1. The van der Waals surface area contributed by atoms with Crippen molar-refractivity contribution in [2.75, 3.05) is 5.75 Å². The number of thioether (sulfide) groups is 1. The normalized spacial score (nSPS) is 12.3. The first-order chi connectivity index (χ1) is 11.1. The molecule has 0 unspecified atom stereocenters. The van der Waals surface area contributed by atoms with Gasteiger partial charge in [-0.2, -0.15) is 0 Å². The molecule has 0 saturated heterocycles. The van der Waals surface area contributed by atoms with Gasteiger partial charge in [-0.3, -0.25) is 10.1 Å². The first-order valence-electron chi connectivity index (χ1n) is 7.03. The highest BCUT2D eigenvalue weighted by Gasteiger charge is 2.13. The lowest BCUT2D eigenvalue weighted by Gasteiger charge is -2.12. The van der Waals surface area contributed by atoms with Crippen molar-refractivity contribution in [3.05, 3.63) is 59.7 Å². The second-order valence-corrected chi connectivity index (χ2v) is 6.02. The predicted molar refractivity (Wildman–Crippen MR) is 86.4 cm³/mol. The van der Waals surface area contributed by atoms with Crippen LogP contribution in [0.5, 0.6) is 0 Å². The number of aliphatic hydroxyl groups is 1. The largest absolute Gasteiger partial charge is 0.388 e. The van der Waals surface area contributed by atoms with E-state index in [-0.39, 0.29) is 5.82 Å². The number of nitrogens with one attached hydrogen (secondary N) is 1. The van der Waals surface area contributed by atoms with E-state index in [1.807, 2.05) is 12.1 Å². The minimum atomic E-state index is -0.705. The fraction of sp³-hybridized carbons (Fsp3) is 0.188. The highest BCUT2D eigenvalue weighted by atomic mass is 32.2. The van der Waals surface area contributed by atoms with E-state index >= 15 is 0 Å². The molecule has 0 aliphatic carbocycles. The first-order valence-corrected chi connectivity index (χ1v) is 8.02. The summed E-state index contributed by atoms with van der Waals surface area (Å²) in [7, 11) is 0. The van der Waals surface area contributed by atoms with Crippen molar-refractivity contribution in [2.24, 2.45) is 0 Å². The highest BCUT2D eigenvalue weighted by molar-refractivity contribution is 7.99. The van der Waals surface area contributed by atoms with Gasteiger partial charge in [-0.25, -0.2) is 9.37 Å². The van der Waals surface area contributed by atoms with Crippen molar-refractivity contribution >= 4 is 11.8 Å². The topological polar surface area (TPSA) is 74.7 Å². The van der Waals surface area contributed by atoms with Gasteiger partial charge in [0.15, 0.2) is 5.82 Å². The Hall–Kier alpha value is -2.25. The summed E-state index contributed by atoms with van der Waals surface area (Å²) < 4.78 is 13.1. The number of halogens is 1. The Kier molecular flexibility index (Phi) is 4.68. The Morgan fingerprint density at radius 3 is 2.78 bits per heavy atom. The summed E-state index contributed by atoms with van der Waals surface area (Å²) in [5.41, 5.74) is 2.34. The number of hydrogen-bond acceptors (Lipinski definition) is 5. The maximum atomic E-state index is 13.1. The second-order valence-electron chi connectivity index (χ2n) is 5.03. The van der Waals surface area contributed by atoms with Gasteiger partial charge in [0.25, 0.3) is 0 Å². The van der Waals surface area contributed by atoms with Crippen molar-refractivity contribution in [1.82, 2.24) is 20.2 Å². The van der Waals surface area contributed by atoms with E-state index in [1.165, 1.54) is 23.9 Å². The number of H-pyrrole nitrogens is 1. The molecule has 23 heavy (non-hydrogen) atoms. The molecule has 2 N–H and O–H groups in total.